The van der Waals surface area contributed by atoms with E-state index in [9.17, 15) is 17.6 Å². The van der Waals surface area contributed by atoms with Crippen molar-refractivity contribution in [3.63, 3.8) is 0 Å². The molecule has 1 aliphatic rings. The number of rotatable bonds is 4. The lowest BCUT2D eigenvalue weighted by Gasteiger charge is -2.26. The summed E-state index contributed by atoms with van der Waals surface area (Å²) in [6.45, 7) is 1.13. The van der Waals surface area contributed by atoms with Crippen molar-refractivity contribution in [2.75, 3.05) is 31.6 Å². The fourth-order valence-corrected chi connectivity index (χ4v) is 4.18. The van der Waals surface area contributed by atoms with Crippen molar-refractivity contribution < 1.29 is 22.3 Å². The molecule has 1 fully saturated rings. The number of carbonyl (C=O) groups excluding carboxylic acids is 1. The van der Waals surface area contributed by atoms with Gasteiger partial charge in [-0.3, -0.25) is 4.79 Å². The minimum absolute atomic E-state index is 0.00902. The van der Waals surface area contributed by atoms with Crippen LogP contribution in [0.2, 0.25) is 5.02 Å². The third-order valence-electron chi connectivity index (χ3n) is 3.87. The Balaban J connectivity index is 1.88. The maximum Gasteiger partial charge on any atom is 0.257 e. The van der Waals surface area contributed by atoms with Crippen molar-refractivity contribution in [1.82, 2.24) is 4.31 Å². The minimum atomic E-state index is -3.76. The number of benzene rings is 2. The average molecular weight is 399 g/mol. The number of nitrogens with zero attached hydrogens (tertiary/aromatic N) is 1. The highest BCUT2D eigenvalue weighted by atomic mass is 35.5. The highest BCUT2D eigenvalue weighted by Crippen LogP contribution is 2.24. The van der Waals surface area contributed by atoms with Crippen LogP contribution >= 0.6 is 11.6 Å². The maximum absolute atomic E-state index is 13.3. The van der Waals surface area contributed by atoms with E-state index in [0.717, 1.165) is 6.07 Å². The summed E-state index contributed by atoms with van der Waals surface area (Å²) in [6.07, 6.45) is 0. The number of anilines is 1. The van der Waals surface area contributed by atoms with Gasteiger partial charge in [0.2, 0.25) is 10.0 Å². The number of morpholine rings is 1. The average Bonchev–Trinajstić information content (AvgIpc) is 2.62. The standard InChI is InChI=1S/C17H16ClFN2O4S/c18-16-5-4-14(26(23,24)21-6-8-25-9-7-21)11-15(16)17(22)20-13-3-1-2-12(19)10-13/h1-5,10-11H,6-9H2,(H,20,22). The quantitative estimate of drug-likeness (QED) is 0.859. The molecule has 0 unspecified atom stereocenters. The highest BCUT2D eigenvalue weighted by Gasteiger charge is 2.27. The molecule has 26 heavy (non-hydrogen) atoms. The van der Waals surface area contributed by atoms with Crippen molar-refractivity contribution in [2.24, 2.45) is 0 Å². The maximum atomic E-state index is 13.3. The number of amides is 1. The second-order valence-electron chi connectivity index (χ2n) is 5.62. The molecule has 1 N–H and O–H groups in total. The Morgan fingerprint density at radius 2 is 1.88 bits per heavy atom. The molecule has 0 atom stereocenters. The topological polar surface area (TPSA) is 75.7 Å². The van der Waals surface area contributed by atoms with Gasteiger partial charge in [-0.05, 0) is 36.4 Å². The summed E-state index contributed by atoms with van der Waals surface area (Å²) >= 11 is 6.06. The molecule has 6 nitrogen and oxygen atoms in total. The number of nitrogens with one attached hydrogen (secondary N) is 1. The largest absolute Gasteiger partial charge is 0.379 e. The van der Waals surface area contributed by atoms with Gasteiger partial charge in [0.05, 0.1) is 28.7 Å². The first-order valence-corrected chi connectivity index (χ1v) is 9.64. The van der Waals surface area contributed by atoms with E-state index in [4.69, 9.17) is 16.3 Å². The fraction of sp³-hybridized carbons (Fsp3) is 0.235. The van der Waals surface area contributed by atoms with Crippen LogP contribution in [0.4, 0.5) is 10.1 Å². The van der Waals surface area contributed by atoms with E-state index in [0.29, 0.717) is 13.2 Å². The van der Waals surface area contributed by atoms with E-state index in [-0.39, 0.29) is 34.3 Å². The van der Waals surface area contributed by atoms with Crippen LogP contribution in [0.25, 0.3) is 0 Å². The Morgan fingerprint density at radius 3 is 2.58 bits per heavy atom. The van der Waals surface area contributed by atoms with Gasteiger partial charge in [0.25, 0.3) is 5.91 Å². The lowest BCUT2D eigenvalue weighted by Crippen LogP contribution is -2.40. The molecule has 138 valence electrons. The van der Waals surface area contributed by atoms with Crippen LogP contribution in [0.15, 0.2) is 47.4 Å². The van der Waals surface area contributed by atoms with E-state index in [1.807, 2.05) is 0 Å². The number of sulfonamides is 1. The van der Waals surface area contributed by atoms with E-state index in [2.05, 4.69) is 5.32 Å². The Bertz CT molecular complexity index is 930. The highest BCUT2D eigenvalue weighted by molar-refractivity contribution is 7.89. The molecule has 1 amide bonds. The number of hydrogen-bond donors (Lipinski definition) is 1. The second kappa shape index (κ2) is 7.71. The predicted octanol–water partition coefficient (Wildman–Crippen LogP) is 2.75. The van der Waals surface area contributed by atoms with Gasteiger partial charge in [-0.1, -0.05) is 17.7 Å². The normalized spacial score (nSPS) is 15.6. The molecule has 9 heteroatoms. The molecule has 0 bridgehead atoms. The van der Waals surface area contributed by atoms with Crippen LogP contribution < -0.4 is 5.32 Å². The summed E-state index contributed by atoms with van der Waals surface area (Å²) in [7, 11) is -3.76. The van der Waals surface area contributed by atoms with Crippen LogP contribution in [0, 0.1) is 5.82 Å². The van der Waals surface area contributed by atoms with Gasteiger partial charge in [-0.15, -0.1) is 0 Å². The molecule has 2 aromatic carbocycles. The van der Waals surface area contributed by atoms with Crippen LogP contribution in [-0.2, 0) is 14.8 Å². The van der Waals surface area contributed by atoms with Gasteiger partial charge >= 0.3 is 0 Å². The first-order chi connectivity index (χ1) is 12.4. The molecule has 0 aromatic heterocycles. The summed E-state index contributed by atoms with van der Waals surface area (Å²) < 4.78 is 45.2. The summed E-state index contributed by atoms with van der Waals surface area (Å²) in [6, 6.07) is 9.30. The van der Waals surface area contributed by atoms with Crippen molar-refractivity contribution >= 4 is 33.2 Å². The summed E-state index contributed by atoms with van der Waals surface area (Å²) in [5.74, 6) is -1.13. The first-order valence-electron chi connectivity index (χ1n) is 7.82. The van der Waals surface area contributed by atoms with Crippen molar-refractivity contribution in [3.8, 4) is 0 Å². The number of carbonyl (C=O) groups is 1. The molecule has 1 saturated heterocycles. The van der Waals surface area contributed by atoms with Crippen molar-refractivity contribution in [1.29, 1.82) is 0 Å². The Hall–Kier alpha value is -2.00. The number of hydrogen-bond acceptors (Lipinski definition) is 4. The van der Waals surface area contributed by atoms with E-state index < -0.39 is 21.7 Å². The molecule has 3 rings (SSSR count). The predicted molar refractivity (Wildman–Crippen MR) is 95.4 cm³/mol. The molecule has 0 radical (unpaired) electrons. The molecular weight excluding hydrogens is 383 g/mol. The van der Waals surface area contributed by atoms with Gasteiger partial charge in [0, 0.05) is 18.8 Å². The molecular formula is C17H16ClFN2O4S. The molecule has 2 aromatic rings. The van der Waals surface area contributed by atoms with E-state index in [1.54, 1.807) is 0 Å². The van der Waals surface area contributed by atoms with Crippen molar-refractivity contribution in [3.05, 3.63) is 58.9 Å². The zero-order valence-corrected chi connectivity index (χ0v) is 15.2. The lowest BCUT2D eigenvalue weighted by atomic mass is 10.2. The Kier molecular flexibility index (Phi) is 5.57. The van der Waals surface area contributed by atoms with E-state index >= 15 is 0 Å². The third kappa shape index (κ3) is 4.04. The molecule has 0 saturated carbocycles. The summed E-state index contributed by atoms with van der Waals surface area (Å²) in [5.41, 5.74) is 0.234. The molecule has 1 heterocycles. The van der Waals surface area contributed by atoms with Crippen LogP contribution in [-0.4, -0.2) is 44.9 Å². The molecule has 0 aliphatic carbocycles. The van der Waals surface area contributed by atoms with Gasteiger partial charge in [0.15, 0.2) is 0 Å². The number of halogens is 2. The van der Waals surface area contributed by atoms with Crippen LogP contribution in [0.5, 0.6) is 0 Å². The summed E-state index contributed by atoms with van der Waals surface area (Å²) in [5, 5.41) is 2.60. The number of ether oxygens (including phenoxy) is 1. The van der Waals surface area contributed by atoms with Crippen LogP contribution in [0.3, 0.4) is 0 Å². The Labute approximate surface area is 155 Å². The van der Waals surface area contributed by atoms with Gasteiger partial charge in [-0.25, -0.2) is 12.8 Å². The SMILES string of the molecule is O=C(Nc1cccc(F)c1)c1cc(S(=O)(=O)N2CCOCC2)ccc1Cl. The lowest BCUT2D eigenvalue weighted by molar-refractivity contribution is 0.0730. The summed E-state index contributed by atoms with van der Waals surface area (Å²) in [4.78, 5) is 12.4. The van der Waals surface area contributed by atoms with Gasteiger partial charge in [0.1, 0.15) is 5.82 Å². The molecule has 1 aliphatic heterocycles. The monoisotopic (exact) mass is 398 g/mol. The first kappa shape index (κ1) is 18.8. The second-order valence-corrected chi connectivity index (χ2v) is 7.97. The smallest absolute Gasteiger partial charge is 0.257 e. The fourth-order valence-electron chi connectivity index (χ4n) is 2.54. The van der Waals surface area contributed by atoms with Gasteiger partial charge in [-0.2, -0.15) is 4.31 Å². The minimum Gasteiger partial charge on any atom is -0.379 e. The van der Waals surface area contributed by atoms with E-state index in [1.165, 1.54) is 40.7 Å². The zero-order chi connectivity index (χ0) is 18.7. The zero-order valence-electron chi connectivity index (χ0n) is 13.6. The molecule has 0 spiro atoms. The Morgan fingerprint density at radius 1 is 1.15 bits per heavy atom. The van der Waals surface area contributed by atoms with Crippen molar-refractivity contribution in [2.45, 2.75) is 4.90 Å². The van der Waals surface area contributed by atoms with Crippen LogP contribution in [0.1, 0.15) is 10.4 Å². The van der Waals surface area contributed by atoms with Gasteiger partial charge < -0.3 is 10.1 Å². The third-order valence-corrected chi connectivity index (χ3v) is 6.10.